The van der Waals surface area contributed by atoms with Crippen LogP contribution in [0.1, 0.15) is 47.5 Å². The van der Waals surface area contributed by atoms with Crippen molar-refractivity contribution in [3.05, 3.63) is 74.9 Å². The first-order valence-electron chi connectivity index (χ1n) is 9.24. The molecule has 0 saturated carbocycles. The van der Waals surface area contributed by atoms with E-state index in [0.29, 0.717) is 41.2 Å². The van der Waals surface area contributed by atoms with Crippen LogP contribution in [0, 0.1) is 0 Å². The number of amides is 1. The van der Waals surface area contributed by atoms with Gasteiger partial charge in [-0.15, -0.1) is 0 Å². The predicted molar refractivity (Wildman–Crippen MR) is 111 cm³/mol. The maximum absolute atomic E-state index is 13.2. The molecule has 0 saturated heterocycles. The molecule has 1 N–H and O–H groups in total. The van der Waals surface area contributed by atoms with Crippen LogP contribution in [0.15, 0.2) is 53.7 Å². The van der Waals surface area contributed by atoms with Gasteiger partial charge in [-0.3, -0.25) is 14.5 Å². The Balaban J connectivity index is 1.89. The highest BCUT2D eigenvalue weighted by Gasteiger charge is 2.40. The van der Waals surface area contributed by atoms with E-state index in [4.69, 9.17) is 23.2 Å². The van der Waals surface area contributed by atoms with E-state index in [1.807, 2.05) is 6.07 Å². The van der Waals surface area contributed by atoms with Gasteiger partial charge in [0.1, 0.15) is 0 Å². The smallest absolute Gasteiger partial charge is 0.335 e. The fourth-order valence-corrected chi connectivity index (χ4v) is 4.50. The average molecular weight is 430 g/mol. The van der Waals surface area contributed by atoms with E-state index in [2.05, 4.69) is 0 Å². The molecule has 0 aromatic heterocycles. The van der Waals surface area contributed by atoms with Crippen molar-refractivity contribution in [3.8, 4) is 0 Å². The first-order chi connectivity index (χ1) is 13.9. The minimum absolute atomic E-state index is 0.000706. The second-order valence-electron chi connectivity index (χ2n) is 7.15. The molecule has 29 heavy (non-hydrogen) atoms. The van der Waals surface area contributed by atoms with Gasteiger partial charge in [-0.2, -0.15) is 0 Å². The number of allylic oxidation sites excluding steroid dienone is 2. The molecule has 0 bridgehead atoms. The number of nitrogens with zero attached hydrogens (tertiary/aromatic N) is 1. The van der Waals surface area contributed by atoms with Crippen molar-refractivity contribution >= 4 is 46.5 Å². The fourth-order valence-electron chi connectivity index (χ4n) is 4.10. The molecule has 1 aliphatic carbocycles. The van der Waals surface area contributed by atoms with Gasteiger partial charge in [0.25, 0.3) is 0 Å². The normalized spacial score (nSPS) is 19.4. The van der Waals surface area contributed by atoms with Gasteiger partial charge in [-0.25, -0.2) is 4.79 Å². The number of ketones is 1. The van der Waals surface area contributed by atoms with Gasteiger partial charge in [0.05, 0.1) is 16.3 Å². The average Bonchev–Trinajstić information content (AvgIpc) is 2.68. The number of hydrogen-bond acceptors (Lipinski definition) is 3. The monoisotopic (exact) mass is 429 g/mol. The number of carboxylic acids is 1. The SMILES string of the molecule is O=C1CCCC2=C1C(c1cccc(Cl)c1)CC(=O)N2c1cc(C(=O)O)ccc1Cl. The summed E-state index contributed by atoms with van der Waals surface area (Å²) < 4.78 is 0. The predicted octanol–water partition coefficient (Wildman–Crippen LogP) is 5.22. The molecule has 1 atom stereocenters. The highest BCUT2D eigenvalue weighted by Crippen LogP contribution is 2.45. The van der Waals surface area contributed by atoms with Crippen LogP contribution in [0.3, 0.4) is 0 Å². The van der Waals surface area contributed by atoms with Crippen molar-refractivity contribution in [2.75, 3.05) is 4.90 Å². The van der Waals surface area contributed by atoms with E-state index in [0.717, 1.165) is 5.56 Å². The molecule has 1 aliphatic heterocycles. The number of carbonyl (C=O) groups is 3. The molecule has 5 nitrogen and oxygen atoms in total. The quantitative estimate of drug-likeness (QED) is 0.725. The number of rotatable bonds is 3. The maximum Gasteiger partial charge on any atom is 0.335 e. The van der Waals surface area contributed by atoms with Crippen LogP contribution in [0.5, 0.6) is 0 Å². The molecule has 2 aromatic carbocycles. The Kier molecular flexibility index (Phi) is 5.19. The van der Waals surface area contributed by atoms with E-state index in [1.54, 1.807) is 18.2 Å². The largest absolute Gasteiger partial charge is 0.478 e. The van der Waals surface area contributed by atoms with Crippen LogP contribution in [0.25, 0.3) is 0 Å². The van der Waals surface area contributed by atoms with Crippen molar-refractivity contribution in [1.29, 1.82) is 0 Å². The van der Waals surface area contributed by atoms with Gasteiger partial charge in [0, 0.05) is 35.1 Å². The van der Waals surface area contributed by atoms with Gasteiger partial charge in [0.2, 0.25) is 5.91 Å². The molecular formula is C22H17Cl2NO4. The summed E-state index contributed by atoms with van der Waals surface area (Å²) in [4.78, 5) is 38.9. The minimum atomic E-state index is -1.11. The van der Waals surface area contributed by atoms with Crippen LogP contribution >= 0.6 is 23.2 Å². The summed E-state index contributed by atoms with van der Waals surface area (Å²) in [5.74, 6) is -1.72. The highest BCUT2D eigenvalue weighted by atomic mass is 35.5. The topological polar surface area (TPSA) is 74.7 Å². The van der Waals surface area contributed by atoms with Gasteiger partial charge >= 0.3 is 5.97 Å². The number of benzene rings is 2. The van der Waals surface area contributed by atoms with Crippen LogP contribution in [0.2, 0.25) is 10.0 Å². The number of anilines is 1. The first kappa shape index (κ1) is 19.7. The summed E-state index contributed by atoms with van der Waals surface area (Å²) in [6.45, 7) is 0. The Labute approximate surface area is 177 Å². The summed E-state index contributed by atoms with van der Waals surface area (Å²) in [7, 11) is 0. The zero-order valence-electron chi connectivity index (χ0n) is 15.3. The van der Waals surface area contributed by atoms with Crippen molar-refractivity contribution in [2.24, 2.45) is 0 Å². The van der Waals surface area contributed by atoms with E-state index in [1.165, 1.54) is 23.1 Å². The zero-order chi connectivity index (χ0) is 20.7. The van der Waals surface area contributed by atoms with Crippen LogP contribution in [0.4, 0.5) is 5.69 Å². The standard InChI is InChI=1S/C22H17Cl2NO4/c23-14-4-1-3-12(9-14)15-11-20(27)25(17-5-2-6-19(26)21(15)17)18-10-13(22(28)29)7-8-16(18)24/h1,3-4,7-10,15H,2,5-6,11H2,(H,28,29). The van der Waals surface area contributed by atoms with Crippen LogP contribution < -0.4 is 4.90 Å². The number of Topliss-reactive ketones (excluding diaryl/α,β-unsaturated/α-hetero) is 1. The van der Waals surface area contributed by atoms with E-state index in [9.17, 15) is 19.5 Å². The summed E-state index contributed by atoms with van der Waals surface area (Å²) >= 11 is 12.5. The van der Waals surface area contributed by atoms with E-state index in [-0.39, 0.29) is 34.6 Å². The second-order valence-corrected chi connectivity index (χ2v) is 7.99. The summed E-state index contributed by atoms with van der Waals surface area (Å²) in [5, 5.41) is 10.1. The number of carbonyl (C=O) groups excluding carboxylic acids is 2. The first-order valence-corrected chi connectivity index (χ1v) is 10.00. The Morgan fingerprint density at radius 2 is 1.86 bits per heavy atom. The Morgan fingerprint density at radius 3 is 2.59 bits per heavy atom. The van der Waals surface area contributed by atoms with Gasteiger partial charge < -0.3 is 5.11 Å². The maximum atomic E-state index is 13.2. The van der Waals surface area contributed by atoms with E-state index >= 15 is 0 Å². The lowest BCUT2D eigenvalue weighted by molar-refractivity contribution is -0.119. The molecule has 4 rings (SSSR count). The number of aromatic carboxylic acids is 1. The number of carboxylic acid groups (broad SMARTS) is 1. The van der Waals surface area contributed by atoms with Gasteiger partial charge in [0.15, 0.2) is 5.78 Å². The minimum Gasteiger partial charge on any atom is -0.478 e. The molecule has 148 valence electrons. The third-order valence-electron chi connectivity index (χ3n) is 5.36. The van der Waals surface area contributed by atoms with Gasteiger partial charge in [-0.1, -0.05) is 35.3 Å². The van der Waals surface area contributed by atoms with Crippen molar-refractivity contribution in [1.82, 2.24) is 0 Å². The zero-order valence-corrected chi connectivity index (χ0v) is 16.8. The fraction of sp³-hybridized carbons (Fsp3) is 0.227. The Bertz CT molecular complexity index is 1080. The lowest BCUT2D eigenvalue weighted by atomic mass is 9.77. The summed E-state index contributed by atoms with van der Waals surface area (Å²) in [6.07, 6.45) is 1.66. The van der Waals surface area contributed by atoms with Crippen LogP contribution in [-0.2, 0) is 9.59 Å². The molecule has 1 amide bonds. The van der Waals surface area contributed by atoms with Gasteiger partial charge in [-0.05, 0) is 48.7 Å². The third kappa shape index (κ3) is 3.56. The van der Waals surface area contributed by atoms with E-state index < -0.39 is 5.97 Å². The third-order valence-corrected chi connectivity index (χ3v) is 5.91. The lowest BCUT2D eigenvalue weighted by Gasteiger charge is -2.38. The summed E-state index contributed by atoms with van der Waals surface area (Å²) in [5.41, 5.74) is 2.34. The molecule has 2 aliphatic rings. The van der Waals surface area contributed by atoms with Crippen molar-refractivity contribution < 1.29 is 19.5 Å². The van der Waals surface area contributed by atoms with Crippen LogP contribution in [-0.4, -0.2) is 22.8 Å². The molecule has 1 heterocycles. The Hall–Kier alpha value is -2.63. The molecule has 0 radical (unpaired) electrons. The van der Waals surface area contributed by atoms with Crippen molar-refractivity contribution in [3.63, 3.8) is 0 Å². The molecule has 0 fully saturated rings. The lowest BCUT2D eigenvalue weighted by Crippen LogP contribution is -2.40. The van der Waals surface area contributed by atoms with Crippen molar-refractivity contribution in [2.45, 2.75) is 31.6 Å². The number of halogens is 2. The molecule has 1 unspecified atom stereocenters. The molecular weight excluding hydrogens is 413 g/mol. The molecule has 7 heteroatoms. The number of hydrogen-bond donors (Lipinski definition) is 1. The Morgan fingerprint density at radius 1 is 1.07 bits per heavy atom. The molecule has 0 spiro atoms. The summed E-state index contributed by atoms with van der Waals surface area (Å²) in [6, 6.07) is 11.4. The second kappa shape index (κ2) is 7.65. The molecule has 2 aromatic rings. The highest BCUT2D eigenvalue weighted by molar-refractivity contribution is 6.34.